The highest BCUT2D eigenvalue weighted by Crippen LogP contribution is 2.22. The number of hydrogen-bond donors (Lipinski definition) is 1. The second-order valence-electron chi connectivity index (χ2n) is 6.39. The maximum Gasteiger partial charge on any atom is 0.269 e. The van der Waals surface area contributed by atoms with E-state index in [2.05, 4.69) is 29.3 Å². The van der Waals surface area contributed by atoms with Crippen molar-refractivity contribution in [2.75, 3.05) is 20.1 Å². The Labute approximate surface area is 121 Å². The van der Waals surface area contributed by atoms with E-state index in [-0.39, 0.29) is 11.4 Å². The van der Waals surface area contributed by atoms with Gasteiger partial charge in [-0.25, -0.2) is 0 Å². The van der Waals surface area contributed by atoms with Crippen LogP contribution in [0.4, 0.5) is 0 Å². The predicted octanol–water partition coefficient (Wildman–Crippen LogP) is 2.07. The van der Waals surface area contributed by atoms with Crippen molar-refractivity contribution >= 4 is 5.91 Å². The number of amides is 1. The molecule has 1 aliphatic heterocycles. The fraction of sp³-hybridized carbons (Fsp3) is 0.733. The number of likely N-dealkylation sites (tertiary alicyclic amines) is 1. The summed E-state index contributed by atoms with van der Waals surface area (Å²) in [6, 6.07) is 2.16. The standard InChI is InChI=1S/C15H26N4O/c1-5-15(2,3)17-14(20)13-6-9-16-19(13)12-7-10-18(4)11-8-12/h6,9,12H,5,7-8,10-11H2,1-4H3,(H,17,20). The third-order valence-electron chi connectivity index (χ3n) is 4.27. The van der Waals surface area contributed by atoms with Gasteiger partial charge in [-0.3, -0.25) is 9.48 Å². The molecule has 5 nitrogen and oxygen atoms in total. The third-order valence-corrected chi connectivity index (χ3v) is 4.27. The highest BCUT2D eigenvalue weighted by molar-refractivity contribution is 5.93. The molecule has 1 aromatic heterocycles. The quantitative estimate of drug-likeness (QED) is 0.917. The summed E-state index contributed by atoms with van der Waals surface area (Å²) in [5.74, 6) is -0.0201. The van der Waals surface area contributed by atoms with Gasteiger partial charge in [0, 0.05) is 11.7 Å². The van der Waals surface area contributed by atoms with Crippen molar-refractivity contribution in [3.8, 4) is 0 Å². The molecule has 1 aromatic rings. The molecule has 1 amide bonds. The van der Waals surface area contributed by atoms with Gasteiger partial charge in [-0.05, 0) is 59.3 Å². The summed E-state index contributed by atoms with van der Waals surface area (Å²) < 4.78 is 1.91. The van der Waals surface area contributed by atoms with Crippen LogP contribution in [0.5, 0.6) is 0 Å². The second-order valence-corrected chi connectivity index (χ2v) is 6.39. The monoisotopic (exact) mass is 278 g/mol. The summed E-state index contributed by atoms with van der Waals surface area (Å²) in [6.07, 6.45) is 4.73. The van der Waals surface area contributed by atoms with Crippen LogP contribution >= 0.6 is 0 Å². The summed E-state index contributed by atoms with van der Waals surface area (Å²) >= 11 is 0. The van der Waals surface area contributed by atoms with Crippen LogP contribution < -0.4 is 5.32 Å². The number of hydrogen-bond acceptors (Lipinski definition) is 3. The molecule has 0 spiro atoms. The summed E-state index contributed by atoms with van der Waals surface area (Å²) in [7, 11) is 2.14. The van der Waals surface area contributed by atoms with E-state index in [0.29, 0.717) is 11.7 Å². The topological polar surface area (TPSA) is 50.2 Å². The van der Waals surface area contributed by atoms with Crippen molar-refractivity contribution in [2.45, 2.75) is 51.6 Å². The van der Waals surface area contributed by atoms with E-state index in [9.17, 15) is 4.79 Å². The molecule has 20 heavy (non-hydrogen) atoms. The van der Waals surface area contributed by atoms with E-state index in [0.717, 1.165) is 32.4 Å². The zero-order chi connectivity index (χ0) is 14.8. The fourth-order valence-corrected chi connectivity index (χ4v) is 2.48. The van der Waals surface area contributed by atoms with Crippen LogP contribution in [0.25, 0.3) is 0 Å². The number of rotatable bonds is 4. The Balaban J connectivity index is 2.10. The van der Waals surface area contributed by atoms with Gasteiger partial charge in [0.25, 0.3) is 5.91 Å². The maximum atomic E-state index is 12.4. The number of carbonyl (C=O) groups excluding carboxylic acids is 1. The van der Waals surface area contributed by atoms with Crippen LogP contribution in [0.2, 0.25) is 0 Å². The van der Waals surface area contributed by atoms with Gasteiger partial charge in [0.15, 0.2) is 0 Å². The Bertz CT molecular complexity index is 458. The van der Waals surface area contributed by atoms with Crippen LogP contribution in [-0.4, -0.2) is 46.3 Å². The molecule has 0 radical (unpaired) electrons. The summed E-state index contributed by atoms with van der Waals surface area (Å²) in [6.45, 7) is 8.29. The SMILES string of the molecule is CCC(C)(C)NC(=O)c1ccnn1C1CCN(C)CC1. The van der Waals surface area contributed by atoms with Crippen LogP contribution in [0.1, 0.15) is 56.6 Å². The minimum atomic E-state index is -0.182. The molecule has 5 heteroatoms. The Morgan fingerprint density at radius 1 is 1.45 bits per heavy atom. The number of carbonyl (C=O) groups is 1. The summed E-state index contributed by atoms with van der Waals surface area (Å²) in [5.41, 5.74) is 0.500. The van der Waals surface area contributed by atoms with Gasteiger partial charge in [-0.2, -0.15) is 5.10 Å². The van der Waals surface area contributed by atoms with Crippen LogP contribution in [0, 0.1) is 0 Å². The lowest BCUT2D eigenvalue weighted by Crippen LogP contribution is -2.44. The smallest absolute Gasteiger partial charge is 0.269 e. The van der Waals surface area contributed by atoms with Gasteiger partial charge in [-0.1, -0.05) is 6.92 Å². The lowest BCUT2D eigenvalue weighted by atomic mass is 10.0. The van der Waals surface area contributed by atoms with E-state index < -0.39 is 0 Å². The third kappa shape index (κ3) is 3.39. The highest BCUT2D eigenvalue weighted by atomic mass is 16.2. The van der Waals surface area contributed by atoms with Gasteiger partial charge < -0.3 is 10.2 Å². The Hall–Kier alpha value is -1.36. The number of nitrogens with zero attached hydrogens (tertiary/aromatic N) is 3. The van der Waals surface area contributed by atoms with Gasteiger partial charge in [0.05, 0.1) is 6.04 Å². The van der Waals surface area contributed by atoms with Crippen molar-refractivity contribution in [1.82, 2.24) is 20.0 Å². The lowest BCUT2D eigenvalue weighted by molar-refractivity contribution is 0.0892. The maximum absolute atomic E-state index is 12.4. The minimum absolute atomic E-state index is 0.0201. The van der Waals surface area contributed by atoms with E-state index >= 15 is 0 Å². The van der Waals surface area contributed by atoms with Crippen LogP contribution in [-0.2, 0) is 0 Å². The van der Waals surface area contributed by atoms with Crippen molar-refractivity contribution in [3.05, 3.63) is 18.0 Å². The first-order valence-electron chi connectivity index (χ1n) is 7.47. The second kappa shape index (κ2) is 5.95. The summed E-state index contributed by atoms with van der Waals surface area (Å²) in [5, 5.41) is 7.47. The number of piperidine rings is 1. The molecule has 1 aliphatic rings. The number of nitrogens with one attached hydrogen (secondary N) is 1. The van der Waals surface area contributed by atoms with Gasteiger partial charge in [0.1, 0.15) is 5.69 Å². The molecular formula is C15H26N4O. The molecule has 0 aromatic carbocycles. The van der Waals surface area contributed by atoms with E-state index in [1.54, 1.807) is 6.20 Å². The van der Waals surface area contributed by atoms with E-state index in [4.69, 9.17) is 0 Å². The first-order chi connectivity index (χ1) is 9.43. The van der Waals surface area contributed by atoms with Crippen LogP contribution in [0.3, 0.4) is 0 Å². The minimum Gasteiger partial charge on any atom is -0.346 e. The predicted molar refractivity (Wildman–Crippen MR) is 79.8 cm³/mol. The first-order valence-corrected chi connectivity index (χ1v) is 7.47. The molecule has 2 heterocycles. The molecular weight excluding hydrogens is 252 g/mol. The number of aromatic nitrogens is 2. The van der Waals surface area contributed by atoms with E-state index in [1.165, 1.54) is 0 Å². The average molecular weight is 278 g/mol. The Kier molecular flexibility index (Phi) is 4.48. The molecule has 0 unspecified atom stereocenters. The normalized spacial score (nSPS) is 18.2. The Morgan fingerprint density at radius 2 is 2.10 bits per heavy atom. The first kappa shape index (κ1) is 15.0. The van der Waals surface area contributed by atoms with Crippen molar-refractivity contribution in [3.63, 3.8) is 0 Å². The van der Waals surface area contributed by atoms with Crippen molar-refractivity contribution < 1.29 is 4.79 Å². The van der Waals surface area contributed by atoms with Gasteiger partial charge >= 0.3 is 0 Å². The van der Waals surface area contributed by atoms with Crippen molar-refractivity contribution in [2.24, 2.45) is 0 Å². The molecule has 0 bridgehead atoms. The molecule has 112 valence electrons. The molecule has 1 N–H and O–H groups in total. The fourth-order valence-electron chi connectivity index (χ4n) is 2.48. The largest absolute Gasteiger partial charge is 0.346 e. The summed E-state index contributed by atoms with van der Waals surface area (Å²) in [4.78, 5) is 14.7. The molecule has 0 atom stereocenters. The average Bonchev–Trinajstić information content (AvgIpc) is 2.88. The van der Waals surface area contributed by atoms with E-state index in [1.807, 2.05) is 24.6 Å². The van der Waals surface area contributed by atoms with Gasteiger partial charge in [0.2, 0.25) is 0 Å². The van der Waals surface area contributed by atoms with Gasteiger partial charge in [-0.15, -0.1) is 0 Å². The zero-order valence-electron chi connectivity index (χ0n) is 13.0. The molecule has 2 rings (SSSR count). The molecule has 0 aliphatic carbocycles. The Morgan fingerprint density at radius 3 is 2.70 bits per heavy atom. The molecule has 1 fully saturated rings. The lowest BCUT2D eigenvalue weighted by Gasteiger charge is -2.30. The zero-order valence-corrected chi connectivity index (χ0v) is 13.0. The van der Waals surface area contributed by atoms with Crippen molar-refractivity contribution in [1.29, 1.82) is 0 Å². The van der Waals surface area contributed by atoms with Crippen LogP contribution in [0.15, 0.2) is 12.3 Å². The molecule has 0 saturated carbocycles. The highest BCUT2D eigenvalue weighted by Gasteiger charge is 2.25. The molecule has 1 saturated heterocycles.